The van der Waals surface area contributed by atoms with Crippen LogP contribution in [0, 0.1) is 0 Å². The fraction of sp³-hybridized carbons (Fsp3) is 0.385. The highest BCUT2D eigenvalue weighted by Gasteiger charge is 2.15. The van der Waals surface area contributed by atoms with E-state index >= 15 is 0 Å². The number of anilines is 1. The van der Waals surface area contributed by atoms with Crippen molar-refractivity contribution in [3.63, 3.8) is 0 Å². The Hall–Kier alpha value is -2.32. The number of methoxy groups -OCH3 is 1. The summed E-state index contributed by atoms with van der Waals surface area (Å²) in [5.41, 5.74) is 3.03. The second-order valence-electron chi connectivity index (χ2n) is 4.39. The minimum atomic E-state index is -1.07. The third kappa shape index (κ3) is 4.07. The highest BCUT2D eigenvalue weighted by molar-refractivity contribution is 5.94. The van der Waals surface area contributed by atoms with Gasteiger partial charge in [-0.3, -0.25) is 5.43 Å². The van der Waals surface area contributed by atoms with Gasteiger partial charge >= 0.3 is 12.0 Å². The van der Waals surface area contributed by atoms with Gasteiger partial charge in [0, 0.05) is 13.1 Å². The summed E-state index contributed by atoms with van der Waals surface area (Å²) in [6.07, 6.45) is 0. The van der Waals surface area contributed by atoms with Crippen molar-refractivity contribution in [1.82, 2.24) is 10.4 Å². The summed E-state index contributed by atoms with van der Waals surface area (Å²) in [7, 11) is 1.45. The van der Waals surface area contributed by atoms with Crippen LogP contribution in [0.25, 0.3) is 0 Å². The fourth-order valence-electron chi connectivity index (χ4n) is 1.91. The van der Waals surface area contributed by atoms with Crippen LogP contribution in [0.5, 0.6) is 5.75 Å². The van der Waals surface area contributed by atoms with Crippen LogP contribution in [0.1, 0.15) is 10.4 Å². The Bertz CT molecular complexity index is 529. The molecule has 21 heavy (non-hydrogen) atoms. The number of morpholine rings is 1. The number of carbonyl (C=O) groups excluding carboxylic acids is 1. The molecule has 0 aromatic heterocycles. The van der Waals surface area contributed by atoms with Gasteiger partial charge in [0.1, 0.15) is 5.75 Å². The lowest BCUT2D eigenvalue weighted by molar-refractivity contribution is 0.0207. The molecule has 0 unspecified atom stereocenters. The summed E-state index contributed by atoms with van der Waals surface area (Å²) in [6, 6.07) is 3.79. The van der Waals surface area contributed by atoms with Crippen LogP contribution in [0.15, 0.2) is 18.2 Å². The van der Waals surface area contributed by atoms with Gasteiger partial charge in [-0.15, -0.1) is 0 Å². The van der Waals surface area contributed by atoms with Gasteiger partial charge < -0.3 is 19.9 Å². The Balaban J connectivity index is 2.04. The lowest BCUT2D eigenvalue weighted by Crippen LogP contribution is -2.49. The molecule has 1 fully saturated rings. The molecule has 114 valence electrons. The van der Waals surface area contributed by atoms with Crippen molar-refractivity contribution in [2.24, 2.45) is 0 Å². The van der Waals surface area contributed by atoms with Gasteiger partial charge in [-0.2, -0.15) is 0 Å². The summed E-state index contributed by atoms with van der Waals surface area (Å²) < 4.78 is 10.3. The predicted molar refractivity (Wildman–Crippen MR) is 74.5 cm³/mol. The smallest absolute Gasteiger partial charge is 0.335 e. The summed E-state index contributed by atoms with van der Waals surface area (Å²) in [5, 5.41) is 13.3. The Morgan fingerprint density at radius 1 is 1.33 bits per heavy atom. The van der Waals surface area contributed by atoms with Crippen LogP contribution < -0.4 is 15.5 Å². The molecule has 0 saturated carbocycles. The normalized spacial score (nSPS) is 15.3. The Labute approximate surface area is 121 Å². The van der Waals surface area contributed by atoms with Gasteiger partial charge in [0.15, 0.2) is 0 Å². The van der Waals surface area contributed by atoms with Gasteiger partial charge in [-0.25, -0.2) is 14.6 Å². The summed E-state index contributed by atoms with van der Waals surface area (Å²) in [5.74, 6) is -0.689. The maximum Gasteiger partial charge on any atom is 0.335 e. The first-order chi connectivity index (χ1) is 10.1. The number of amides is 2. The molecule has 2 amide bonds. The molecule has 2 rings (SSSR count). The third-order valence-electron chi connectivity index (χ3n) is 2.97. The fourth-order valence-corrected chi connectivity index (χ4v) is 1.91. The van der Waals surface area contributed by atoms with E-state index < -0.39 is 12.0 Å². The van der Waals surface area contributed by atoms with Crippen molar-refractivity contribution in [3.8, 4) is 5.75 Å². The number of nitrogens with zero attached hydrogens (tertiary/aromatic N) is 1. The van der Waals surface area contributed by atoms with Crippen LogP contribution in [-0.4, -0.2) is 55.5 Å². The van der Waals surface area contributed by atoms with E-state index in [1.165, 1.54) is 25.3 Å². The van der Waals surface area contributed by atoms with Gasteiger partial charge in [-0.1, -0.05) is 0 Å². The minimum Gasteiger partial charge on any atom is -0.495 e. The first-order valence-corrected chi connectivity index (χ1v) is 6.42. The monoisotopic (exact) mass is 295 g/mol. The molecule has 0 radical (unpaired) electrons. The lowest BCUT2D eigenvalue weighted by atomic mass is 10.2. The van der Waals surface area contributed by atoms with E-state index in [-0.39, 0.29) is 5.56 Å². The number of carbonyl (C=O) groups is 2. The highest BCUT2D eigenvalue weighted by atomic mass is 16.5. The summed E-state index contributed by atoms with van der Waals surface area (Å²) in [6.45, 7) is 2.30. The first kappa shape index (κ1) is 15.1. The van der Waals surface area contributed by atoms with E-state index in [0.29, 0.717) is 37.7 Å². The van der Waals surface area contributed by atoms with E-state index in [4.69, 9.17) is 14.6 Å². The number of aromatic carboxylic acids is 1. The van der Waals surface area contributed by atoms with Crippen LogP contribution in [0.4, 0.5) is 10.5 Å². The quantitative estimate of drug-likeness (QED) is 0.758. The zero-order valence-corrected chi connectivity index (χ0v) is 11.6. The Morgan fingerprint density at radius 2 is 2.05 bits per heavy atom. The van der Waals surface area contributed by atoms with E-state index in [0.717, 1.165) is 0 Å². The lowest BCUT2D eigenvalue weighted by Gasteiger charge is -2.27. The maximum absolute atomic E-state index is 11.9. The average molecular weight is 295 g/mol. The van der Waals surface area contributed by atoms with Crippen molar-refractivity contribution in [1.29, 1.82) is 0 Å². The molecule has 8 heteroatoms. The van der Waals surface area contributed by atoms with E-state index in [9.17, 15) is 9.59 Å². The number of hydrogen-bond donors (Lipinski definition) is 3. The molecule has 1 aromatic rings. The topological polar surface area (TPSA) is 100 Å². The van der Waals surface area contributed by atoms with Crippen molar-refractivity contribution in [2.45, 2.75) is 0 Å². The van der Waals surface area contributed by atoms with Crippen LogP contribution in [-0.2, 0) is 4.74 Å². The van der Waals surface area contributed by atoms with Crippen molar-refractivity contribution < 1.29 is 24.2 Å². The van der Waals surface area contributed by atoms with Crippen molar-refractivity contribution in [3.05, 3.63) is 23.8 Å². The van der Waals surface area contributed by atoms with Gasteiger partial charge in [-0.05, 0) is 18.2 Å². The second-order valence-corrected chi connectivity index (χ2v) is 4.39. The molecular formula is C13H17N3O5. The van der Waals surface area contributed by atoms with Crippen LogP contribution >= 0.6 is 0 Å². The number of hydrazine groups is 1. The second kappa shape index (κ2) is 6.91. The standard InChI is InChI=1S/C13H17N3O5/c1-20-11-3-2-9(12(17)18)8-10(11)14-13(19)15-16-4-6-21-7-5-16/h2-3,8H,4-7H2,1H3,(H,17,18)(H2,14,15,19). The molecule has 8 nitrogen and oxygen atoms in total. The summed E-state index contributed by atoms with van der Waals surface area (Å²) in [4.78, 5) is 22.9. The third-order valence-corrected chi connectivity index (χ3v) is 2.97. The van der Waals surface area contributed by atoms with Crippen molar-refractivity contribution in [2.75, 3.05) is 38.7 Å². The average Bonchev–Trinajstić information content (AvgIpc) is 2.48. The molecule has 1 heterocycles. The van der Waals surface area contributed by atoms with E-state index in [2.05, 4.69) is 10.7 Å². The molecule has 0 aliphatic carbocycles. The molecule has 3 N–H and O–H groups in total. The minimum absolute atomic E-state index is 0.0671. The number of benzene rings is 1. The van der Waals surface area contributed by atoms with Crippen LogP contribution in [0.3, 0.4) is 0 Å². The number of ether oxygens (including phenoxy) is 2. The van der Waals surface area contributed by atoms with Gasteiger partial charge in [0.05, 0.1) is 31.6 Å². The Kier molecular flexibility index (Phi) is 4.96. The highest BCUT2D eigenvalue weighted by Crippen LogP contribution is 2.25. The van der Waals surface area contributed by atoms with Crippen LogP contribution in [0.2, 0.25) is 0 Å². The largest absolute Gasteiger partial charge is 0.495 e. The number of carboxylic acids is 1. The van der Waals surface area contributed by atoms with Crippen molar-refractivity contribution >= 4 is 17.7 Å². The maximum atomic E-state index is 11.9. The molecule has 1 aliphatic rings. The van der Waals surface area contributed by atoms with E-state index in [1.54, 1.807) is 5.01 Å². The zero-order chi connectivity index (χ0) is 15.2. The molecule has 1 saturated heterocycles. The van der Waals surface area contributed by atoms with E-state index in [1.807, 2.05) is 0 Å². The number of hydrogen-bond acceptors (Lipinski definition) is 5. The number of urea groups is 1. The predicted octanol–water partition coefficient (Wildman–Crippen LogP) is 0.762. The number of rotatable bonds is 4. The first-order valence-electron chi connectivity index (χ1n) is 6.42. The van der Waals surface area contributed by atoms with Gasteiger partial charge in [0.2, 0.25) is 0 Å². The zero-order valence-electron chi connectivity index (χ0n) is 11.6. The molecule has 0 atom stereocenters. The SMILES string of the molecule is COc1ccc(C(=O)O)cc1NC(=O)NN1CCOCC1. The Morgan fingerprint density at radius 3 is 2.67 bits per heavy atom. The molecule has 1 aromatic carbocycles. The molecular weight excluding hydrogens is 278 g/mol. The number of nitrogens with one attached hydrogen (secondary N) is 2. The number of carboxylic acid groups (broad SMARTS) is 1. The molecule has 0 spiro atoms. The summed E-state index contributed by atoms with van der Waals surface area (Å²) >= 11 is 0. The van der Waals surface area contributed by atoms with Gasteiger partial charge in [0.25, 0.3) is 0 Å². The molecule has 0 bridgehead atoms. The molecule has 1 aliphatic heterocycles.